The van der Waals surface area contributed by atoms with Crippen LogP contribution in [0.4, 0.5) is 0 Å². The van der Waals surface area contributed by atoms with E-state index >= 15 is 0 Å². The number of likely N-dealkylation sites (tertiary alicyclic amines) is 1. The number of hydrogen-bond acceptors (Lipinski definition) is 3. The highest BCUT2D eigenvalue weighted by Gasteiger charge is 2.51. The Morgan fingerprint density at radius 2 is 1.70 bits per heavy atom. The molecular weight excluding hydrogens is 252 g/mol. The summed E-state index contributed by atoms with van der Waals surface area (Å²) in [5, 5.41) is 0. The SMILES string of the molecule is CC(CN)(c1ccccc1)N1C(=O)C2CCC(C2)C1=O. The molecule has 106 valence electrons. The fraction of sp³-hybridized carbons (Fsp3) is 0.500. The standard InChI is InChI=1S/C16H20N2O2/c1-16(10-17,13-5-3-2-4-6-13)18-14(19)11-7-8-12(9-11)15(18)20/h2-6,11-12H,7-10,17H2,1H3. The van der Waals surface area contributed by atoms with E-state index in [-0.39, 0.29) is 30.2 Å². The quantitative estimate of drug-likeness (QED) is 0.851. The Balaban J connectivity index is 2.04. The Morgan fingerprint density at radius 3 is 2.20 bits per heavy atom. The van der Waals surface area contributed by atoms with Gasteiger partial charge in [0.1, 0.15) is 0 Å². The number of nitrogens with zero attached hydrogens (tertiary/aromatic N) is 1. The number of carbonyl (C=O) groups is 2. The number of benzene rings is 1. The third-order valence-electron chi connectivity index (χ3n) is 4.86. The molecule has 0 spiro atoms. The Hall–Kier alpha value is -1.68. The Morgan fingerprint density at radius 1 is 1.15 bits per heavy atom. The van der Waals surface area contributed by atoms with E-state index in [0.29, 0.717) is 0 Å². The second-order valence-corrected chi connectivity index (χ2v) is 6.06. The molecule has 2 N–H and O–H groups in total. The van der Waals surface area contributed by atoms with E-state index in [1.165, 1.54) is 4.90 Å². The summed E-state index contributed by atoms with van der Waals surface area (Å²) < 4.78 is 0. The fourth-order valence-electron chi connectivity index (χ4n) is 3.53. The highest BCUT2D eigenvalue weighted by Crippen LogP contribution is 2.42. The van der Waals surface area contributed by atoms with Crippen molar-refractivity contribution in [2.75, 3.05) is 6.54 Å². The minimum atomic E-state index is -0.739. The first-order chi connectivity index (χ1) is 9.58. The summed E-state index contributed by atoms with van der Waals surface area (Å²) in [6, 6.07) is 9.62. The maximum Gasteiger partial charge on any atom is 0.233 e. The van der Waals surface area contributed by atoms with Crippen molar-refractivity contribution in [2.45, 2.75) is 31.7 Å². The van der Waals surface area contributed by atoms with E-state index in [1.807, 2.05) is 37.3 Å². The molecule has 20 heavy (non-hydrogen) atoms. The molecule has 1 aromatic carbocycles. The Kier molecular flexibility index (Phi) is 3.13. The minimum absolute atomic E-state index is 0.00675. The van der Waals surface area contributed by atoms with Crippen LogP contribution in [0.15, 0.2) is 30.3 Å². The third-order valence-corrected chi connectivity index (χ3v) is 4.86. The van der Waals surface area contributed by atoms with E-state index in [0.717, 1.165) is 24.8 Å². The van der Waals surface area contributed by atoms with Gasteiger partial charge in [0.2, 0.25) is 11.8 Å². The van der Waals surface area contributed by atoms with Crippen molar-refractivity contribution in [3.05, 3.63) is 35.9 Å². The van der Waals surface area contributed by atoms with Gasteiger partial charge in [0, 0.05) is 18.4 Å². The van der Waals surface area contributed by atoms with Gasteiger partial charge in [-0.05, 0) is 31.7 Å². The van der Waals surface area contributed by atoms with Crippen molar-refractivity contribution in [2.24, 2.45) is 17.6 Å². The van der Waals surface area contributed by atoms with Crippen molar-refractivity contribution < 1.29 is 9.59 Å². The van der Waals surface area contributed by atoms with Gasteiger partial charge >= 0.3 is 0 Å². The van der Waals surface area contributed by atoms with Crippen LogP contribution in [0, 0.1) is 11.8 Å². The highest BCUT2D eigenvalue weighted by molar-refractivity contribution is 6.01. The van der Waals surface area contributed by atoms with E-state index in [4.69, 9.17) is 5.73 Å². The summed E-state index contributed by atoms with van der Waals surface area (Å²) in [4.78, 5) is 26.7. The number of nitrogens with two attached hydrogens (primary N) is 1. The van der Waals surface area contributed by atoms with Crippen LogP contribution in [0.25, 0.3) is 0 Å². The van der Waals surface area contributed by atoms with Crippen LogP contribution in [0.1, 0.15) is 31.7 Å². The molecule has 1 aliphatic heterocycles. The smallest absolute Gasteiger partial charge is 0.233 e. The van der Waals surface area contributed by atoms with Crippen molar-refractivity contribution in [3.63, 3.8) is 0 Å². The average Bonchev–Trinajstić information content (AvgIpc) is 2.93. The number of piperidine rings is 1. The zero-order valence-electron chi connectivity index (χ0n) is 11.7. The molecule has 2 bridgehead atoms. The number of rotatable bonds is 3. The summed E-state index contributed by atoms with van der Waals surface area (Å²) in [5.74, 6) is -0.0688. The van der Waals surface area contributed by atoms with Crippen molar-refractivity contribution in [1.82, 2.24) is 4.90 Å². The molecule has 3 unspecified atom stereocenters. The predicted octanol–water partition coefficient (Wildman–Crippen LogP) is 1.65. The predicted molar refractivity (Wildman–Crippen MR) is 75.5 cm³/mol. The van der Waals surface area contributed by atoms with Gasteiger partial charge in [0.15, 0.2) is 0 Å². The van der Waals surface area contributed by atoms with Crippen LogP contribution in [-0.4, -0.2) is 23.3 Å². The van der Waals surface area contributed by atoms with E-state index < -0.39 is 5.54 Å². The van der Waals surface area contributed by atoms with Gasteiger partial charge in [0.25, 0.3) is 0 Å². The summed E-state index contributed by atoms with van der Waals surface area (Å²) >= 11 is 0. The lowest BCUT2D eigenvalue weighted by Gasteiger charge is -2.43. The summed E-state index contributed by atoms with van der Waals surface area (Å²) in [7, 11) is 0. The van der Waals surface area contributed by atoms with Crippen molar-refractivity contribution >= 4 is 11.8 Å². The summed E-state index contributed by atoms with van der Waals surface area (Å²) in [5.41, 5.74) is 6.14. The summed E-state index contributed by atoms with van der Waals surface area (Å²) in [6.07, 6.45) is 2.39. The molecule has 1 saturated carbocycles. The van der Waals surface area contributed by atoms with Gasteiger partial charge in [-0.2, -0.15) is 0 Å². The van der Waals surface area contributed by atoms with Crippen LogP contribution in [0.3, 0.4) is 0 Å². The van der Waals surface area contributed by atoms with E-state index in [1.54, 1.807) is 0 Å². The third kappa shape index (κ3) is 1.79. The molecule has 1 aliphatic carbocycles. The van der Waals surface area contributed by atoms with Crippen LogP contribution >= 0.6 is 0 Å². The normalized spacial score (nSPS) is 28.6. The summed E-state index contributed by atoms with van der Waals surface area (Å²) in [6.45, 7) is 2.14. The Bertz CT molecular complexity index is 521. The lowest BCUT2D eigenvalue weighted by Crippen LogP contribution is -2.59. The maximum atomic E-state index is 12.6. The molecule has 0 aromatic heterocycles. The average molecular weight is 272 g/mol. The minimum Gasteiger partial charge on any atom is -0.328 e. The molecule has 1 aromatic rings. The Labute approximate surface area is 118 Å². The zero-order valence-corrected chi connectivity index (χ0v) is 11.7. The van der Waals surface area contributed by atoms with Gasteiger partial charge in [-0.1, -0.05) is 30.3 Å². The van der Waals surface area contributed by atoms with Crippen LogP contribution in [-0.2, 0) is 15.1 Å². The molecule has 2 aliphatic rings. The molecule has 3 rings (SSSR count). The molecule has 2 fully saturated rings. The largest absolute Gasteiger partial charge is 0.328 e. The number of hydrogen-bond donors (Lipinski definition) is 1. The maximum absolute atomic E-state index is 12.6. The van der Waals surface area contributed by atoms with Gasteiger partial charge in [-0.25, -0.2) is 0 Å². The lowest BCUT2D eigenvalue weighted by molar-refractivity contribution is -0.160. The second kappa shape index (κ2) is 4.70. The van der Waals surface area contributed by atoms with Crippen molar-refractivity contribution in [3.8, 4) is 0 Å². The van der Waals surface area contributed by atoms with Gasteiger partial charge in [-0.3, -0.25) is 14.5 Å². The number of imide groups is 1. The molecule has 0 radical (unpaired) electrons. The first-order valence-corrected chi connectivity index (χ1v) is 7.21. The molecule has 4 heteroatoms. The van der Waals surface area contributed by atoms with Crippen LogP contribution in [0.5, 0.6) is 0 Å². The van der Waals surface area contributed by atoms with E-state index in [2.05, 4.69) is 0 Å². The zero-order chi connectivity index (χ0) is 14.3. The van der Waals surface area contributed by atoms with Gasteiger partial charge in [-0.15, -0.1) is 0 Å². The molecule has 2 amide bonds. The van der Waals surface area contributed by atoms with Gasteiger partial charge in [0.05, 0.1) is 5.54 Å². The van der Waals surface area contributed by atoms with Crippen LogP contribution < -0.4 is 5.73 Å². The molecular formula is C16H20N2O2. The first kappa shape index (κ1) is 13.3. The molecule has 1 heterocycles. The number of amides is 2. The van der Waals surface area contributed by atoms with Crippen LogP contribution in [0.2, 0.25) is 0 Å². The number of fused-ring (bicyclic) bond motifs is 2. The van der Waals surface area contributed by atoms with E-state index in [9.17, 15) is 9.59 Å². The van der Waals surface area contributed by atoms with Crippen molar-refractivity contribution in [1.29, 1.82) is 0 Å². The molecule has 3 atom stereocenters. The lowest BCUT2D eigenvalue weighted by atomic mass is 9.85. The second-order valence-electron chi connectivity index (χ2n) is 6.06. The molecule has 4 nitrogen and oxygen atoms in total. The first-order valence-electron chi connectivity index (χ1n) is 7.21. The molecule has 1 saturated heterocycles. The van der Waals surface area contributed by atoms with Gasteiger partial charge < -0.3 is 5.73 Å². The highest BCUT2D eigenvalue weighted by atomic mass is 16.2. The monoisotopic (exact) mass is 272 g/mol. The topological polar surface area (TPSA) is 63.4 Å². The fourth-order valence-corrected chi connectivity index (χ4v) is 3.53. The number of carbonyl (C=O) groups excluding carboxylic acids is 2.